The minimum absolute atomic E-state index is 0.0695. The number of nitrogens with one attached hydrogen (secondary N) is 1. The Bertz CT molecular complexity index is 973. The van der Waals surface area contributed by atoms with E-state index in [1.165, 1.54) is 12.1 Å². The van der Waals surface area contributed by atoms with Crippen LogP contribution in [0, 0.1) is 5.82 Å². The highest BCUT2D eigenvalue weighted by Crippen LogP contribution is 2.30. The van der Waals surface area contributed by atoms with Gasteiger partial charge in [-0.05, 0) is 37.0 Å². The monoisotopic (exact) mass is 397 g/mol. The number of imidazole rings is 1. The van der Waals surface area contributed by atoms with Gasteiger partial charge in [-0.15, -0.1) is 0 Å². The predicted octanol–water partition coefficient (Wildman–Crippen LogP) is 2.78. The Kier molecular flexibility index (Phi) is 5.71. The number of rotatable bonds is 6. The zero-order valence-electron chi connectivity index (χ0n) is 16.3. The number of halogens is 1. The summed E-state index contributed by atoms with van der Waals surface area (Å²) in [5.74, 6) is 0.370. The van der Waals surface area contributed by atoms with Gasteiger partial charge in [0.2, 0.25) is 5.91 Å². The highest BCUT2D eigenvalue weighted by Gasteiger charge is 2.21. The Morgan fingerprint density at radius 3 is 2.83 bits per heavy atom. The summed E-state index contributed by atoms with van der Waals surface area (Å²) in [5, 5.41) is 7.61. The number of carbonyl (C=O) groups excluding carboxylic acids is 1. The maximum Gasteiger partial charge on any atom is 0.249 e. The lowest BCUT2D eigenvalue weighted by Gasteiger charge is -2.21. The zero-order valence-corrected chi connectivity index (χ0v) is 16.3. The van der Waals surface area contributed by atoms with Crippen LogP contribution in [0.1, 0.15) is 19.3 Å². The average molecular weight is 397 g/mol. The van der Waals surface area contributed by atoms with Crippen molar-refractivity contribution in [2.75, 3.05) is 13.2 Å². The van der Waals surface area contributed by atoms with Crippen LogP contribution in [0.25, 0.3) is 22.6 Å². The van der Waals surface area contributed by atoms with E-state index in [-0.39, 0.29) is 17.8 Å². The summed E-state index contributed by atoms with van der Waals surface area (Å²) in [6.07, 6.45) is 7.93. The van der Waals surface area contributed by atoms with Crippen LogP contribution in [0.3, 0.4) is 0 Å². The van der Waals surface area contributed by atoms with Gasteiger partial charge < -0.3 is 14.6 Å². The molecule has 1 aromatic carbocycles. The molecule has 0 radical (unpaired) electrons. The fourth-order valence-electron chi connectivity index (χ4n) is 3.49. The molecule has 1 atom stereocenters. The molecule has 1 fully saturated rings. The molecule has 152 valence electrons. The van der Waals surface area contributed by atoms with Gasteiger partial charge in [-0.3, -0.25) is 9.48 Å². The van der Waals surface area contributed by atoms with Crippen molar-refractivity contribution < 1.29 is 13.9 Å². The number of nitrogens with zero attached hydrogens (tertiary/aromatic N) is 4. The smallest absolute Gasteiger partial charge is 0.249 e. The van der Waals surface area contributed by atoms with Crippen molar-refractivity contribution >= 4 is 5.91 Å². The number of aryl methyl sites for hydroxylation is 1. The zero-order chi connectivity index (χ0) is 20.2. The third-order valence-corrected chi connectivity index (χ3v) is 5.06. The van der Waals surface area contributed by atoms with Crippen LogP contribution in [0.15, 0.2) is 42.9 Å². The molecule has 3 aromatic rings. The van der Waals surface area contributed by atoms with Gasteiger partial charge in [0.25, 0.3) is 0 Å². The van der Waals surface area contributed by atoms with Crippen molar-refractivity contribution in [3.8, 4) is 22.6 Å². The van der Waals surface area contributed by atoms with E-state index in [9.17, 15) is 9.18 Å². The average Bonchev–Trinajstić information content (AvgIpc) is 3.35. The van der Waals surface area contributed by atoms with Crippen LogP contribution in [0.5, 0.6) is 0 Å². The number of hydrogen-bond acceptors (Lipinski definition) is 4. The molecule has 0 aliphatic carbocycles. The molecule has 0 spiro atoms. The molecular formula is C21H24FN5O2. The van der Waals surface area contributed by atoms with Gasteiger partial charge >= 0.3 is 0 Å². The number of benzene rings is 1. The van der Waals surface area contributed by atoms with Gasteiger partial charge in [0.1, 0.15) is 17.6 Å². The Balaban J connectivity index is 1.51. The summed E-state index contributed by atoms with van der Waals surface area (Å²) in [4.78, 5) is 16.6. The van der Waals surface area contributed by atoms with Crippen LogP contribution in [0.4, 0.5) is 4.39 Å². The third kappa shape index (κ3) is 4.37. The van der Waals surface area contributed by atoms with Gasteiger partial charge in [-0.25, -0.2) is 9.37 Å². The lowest BCUT2D eigenvalue weighted by molar-refractivity contribution is -0.135. The normalized spacial score (nSPS) is 16.7. The van der Waals surface area contributed by atoms with Crippen LogP contribution < -0.4 is 5.32 Å². The van der Waals surface area contributed by atoms with E-state index < -0.39 is 0 Å². The van der Waals surface area contributed by atoms with E-state index in [0.717, 1.165) is 36.2 Å². The Hall–Kier alpha value is -3.00. The van der Waals surface area contributed by atoms with Crippen LogP contribution in [-0.4, -0.2) is 44.5 Å². The van der Waals surface area contributed by atoms with Crippen molar-refractivity contribution in [2.45, 2.75) is 31.9 Å². The van der Waals surface area contributed by atoms with E-state index in [2.05, 4.69) is 15.4 Å². The van der Waals surface area contributed by atoms with Crippen LogP contribution in [0.2, 0.25) is 0 Å². The molecule has 1 aliphatic rings. The van der Waals surface area contributed by atoms with Gasteiger partial charge in [0.05, 0.1) is 6.54 Å². The molecule has 1 unspecified atom stereocenters. The van der Waals surface area contributed by atoms with Gasteiger partial charge in [-0.2, -0.15) is 5.10 Å². The van der Waals surface area contributed by atoms with E-state index in [1.54, 1.807) is 23.0 Å². The van der Waals surface area contributed by atoms with Gasteiger partial charge in [-0.1, -0.05) is 12.1 Å². The van der Waals surface area contributed by atoms with Crippen molar-refractivity contribution in [2.24, 2.45) is 7.05 Å². The minimum atomic E-state index is -0.348. The molecule has 0 saturated carbocycles. The van der Waals surface area contributed by atoms with E-state index in [1.807, 2.05) is 24.0 Å². The second-order valence-corrected chi connectivity index (χ2v) is 7.17. The molecular weight excluding hydrogens is 373 g/mol. The first-order valence-electron chi connectivity index (χ1n) is 9.82. The highest BCUT2D eigenvalue weighted by atomic mass is 19.1. The third-order valence-electron chi connectivity index (χ3n) is 5.06. The minimum Gasteiger partial charge on any atom is -0.368 e. The van der Waals surface area contributed by atoms with Crippen molar-refractivity contribution in [3.63, 3.8) is 0 Å². The van der Waals surface area contributed by atoms with E-state index >= 15 is 0 Å². The fraction of sp³-hybridized carbons (Fsp3) is 0.381. The molecule has 0 bridgehead atoms. The quantitative estimate of drug-likeness (QED) is 0.694. The lowest BCUT2D eigenvalue weighted by atomic mass is 10.1. The number of carbonyl (C=O) groups is 1. The highest BCUT2D eigenvalue weighted by molar-refractivity contribution is 5.80. The van der Waals surface area contributed by atoms with Crippen molar-refractivity contribution in [1.29, 1.82) is 0 Å². The number of ether oxygens (including phenoxy) is 1. The Labute approximate surface area is 168 Å². The molecule has 1 amide bonds. The fourth-order valence-corrected chi connectivity index (χ4v) is 3.49. The van der Waals surface area contributed by atoms with Crippen LogP contribution >= 0.6 is 0 Å². The first kappa shape index (κ1) is 19.3. The molecule has 2 aromatic heterocycles. The Morgan fingerprint density at radius 2 is 2.14 bits per heavy atom. The van der Waals surface area contributed by atoms with E-state index in [0.29, 0.717) is 25.4 Å². The largest absolute Gasteiger partial charge is 0.368 e. The summed E-state index contributed by atoms with van der Waals surface area (Å²) in [6, 6.07) is 6.31. The maximum absolute atomic E-state index is 13.4. The molecule has 3 heterocycles. The topological polar surface area (TPSA) is 74.0 Å². The first-order valence-corrected chi connectivity index (χ1v) is 9.82. The Morgan fingerprint density at radius 1 is 1.31 bits per heavy atom. The SMILES string of the molecule is Cn1ccnc1-c1nn(CCNC(=O)C2CCCCO2)cc1-c1ccc(F)cc1. The molecule has 4 rings (SSSR count). The molecule has 1 aliphatic heterocycles. The molecule has 7 nitrogen and oxygen atoms in total. The molecule has 8 heteroatoms. The van der Waals surface area contributed by atoms with Crippen molar-refractivity contribution in [3.05, 3.63) is 48.7 Å². The second kappa shape index (κ2) is 8.57. The maximum atomic E-state index is 13.4. The molecule has 29 heavy (non-hydrogen) atoms. The predicted molar refractivity (Wildman–Crippen MR) is 106 cm³/mol. The second-order valence-electron chi connectivity index (χ2n) is 7.17. The van der Waals surface area contributed by atoms with Crippen molar-refractivity contribution in [1.82, 2.24) is 24.6 Å². The van der Waals surface area contributed by atoms with E-state index in [4.69, 9.17) is 4.74 Å². The number of hydrogen-bond donors (Lipinski definition) is 1. The van der Waals surface area contributed by atoms with Crippen LogP contribution in [-0.2, 0) is 23.1 Å². The number of aromatic nitrogens is 4. The molecule has 1 N–H and O–H groups in total. The van der Waals surface area contributed by atoms with Gasteiger partial charge in [0, 0.05) is 44.4 Å². The summed E-state index contributed by atoms with van der Waals surface area (Å²) in [5.41, 5.74) is 2.43. The molecule has 1 saturated heterocycles. The summed E-state index contributed by atoms with van der Waals surface area (Å²) in [6.45, 7) is 1.60. The lowest BCUT2D eigenvalue weighted by Crippen LogP contribution is -2.39. The number of amides is 1. The first-order chi connectivity index (χ1) is 14.1. The van der Waals surface area contributed by atoms with Gasteiger partial charge in [0.15, 0.2) is 5.82 Å². The summed E-state index contributed by atoms with van der Waals surface area (Å²) in [7, 11) is 1.90. The standard InChI is InChI=1S/C21H24FN5O2/c1-26-11-9-23-20(26)19-17(15-5-7-16(22)8-6-15)14-27(25-19)12-10-24-21(28)18-4-2-3-13-29-18/h5-9,11,14,18H,2-4,10,12-13H2,1H3,(H,24,28). The summed E-state index contributed by atoms with van der Waals surface area (Å²) < 4.78 is 22.5. The summed E-state index contributed by atoms with van der Waals surface area (Å²) >= 11 is 0.